The van der Waals surface area contributed by atoms with Gasteiger partial charge in [0.05, 0.1) is 6.61 Å². The molecule has 1 aromatic carbocycles. The van der Waals surface area contributed by atoms with Crippen LogP contribution < -0.4 is 10.1 Å². The number of hydrogen-bond donors (Lipinski definition) is 1. The summed E-state index contributed by atoms with van der Waals surface area (Å²) in [5, 5.41) is 3.60. The van der Waals surface area contributed by atoms with Gasteiger partial charge < -0.3 is 10.1 Å². The first-order chi connectivity index (χ1) is 9.85. The van der Waals surface area contributed by atoms with Crippen molar-refractivity contribution in [1.82, 2.24) is 10.2 Å². The van der Waals surface area contributed by atoms with E-state index >= 15 is 0 Å². The third-order valence-electron chi connectivity index (χ3n) is 4.03. The molecule has 20 heavy (non-hydrogen) atoms. The molecular weight excluding hydrogens is 248 g/mol. The van der Waals surface area contributed by atoms with Crippen molar-refractivity contribution in [2.75, 3.05) is 26.2 Å². The summed E-state index contributed by atoms with van der Waals surface area (Å²) >= 11 is 0. The Kier molecular flexibility index (Phi) is 6.34. The van der Waals surface area contributed by atoms with Crippen LogP contribution in [-0.2, 0) is 6.54 Å². The third kappa shape index (κ3) is 4.22. The molecule has 0 unspecified atom stereocenters. The Morgan fingerprint density at radius 1 is 1.30 bits per heavy atom. The zero-order valence-corrected chi connectivity index (χ0v) is 12.9. The number of rotatable bonds is 8. The van der Waals surface area contributed by atoms with Gasteiger partial charge in [0.25, 0.3) is 0 Å². The molecule has 1 fully saturated rings. The largest absolute Gasteiger partial charge is 0.493 e. The van der Waals surface area contributed by atoms with Crippen LogP contribution in [0, 0.1) is 0 Å². The number of benzene rings is 1. The van der Waals surface area contributed by atoms with Crippen LogP contribution in [0.4, 0.5) is 0 Å². The number of likely N-dealkylation sites (tertiary alicyclic amines) is 1. The minimum absolute atomic E-state index is 0.712. The first kappa shape index (κ1) is 15.3. The highest BCUT2D eigenvalue weighted by Crippen LogP contribution is 2.19. The fraction of sp³-hybridized carbons (Fsp3) is 0.647. The second-order valence-corrected chi connectivity index (χ2v) is 5.51. The number of para-hydroxylation sites is 1. The van der Waals surface area contributed by atoms with Crippen LogP contribution >= 0.6 is 0 Å². The van der Waals surface area contributed by atoms with Crippen LogP contribution in [0.1, 0.15) is 38.7 Å². The lowest BCUT2D eigenvalue weighted by molar-refractivity contribution is 0.259. The Labute approximate surface area is 123 Å². The van der Waals surface area contributed by atoms with Crippen LogP contribution in [0.25, 0.3) is 0 Å². The monoisotopic (exact) mass is 276 g/mol. The van der Waals surface area contributed by atoms with Crippen molar-refractivity contribution >= 4 is 0 Å². The molecule has 1 aliphatic rings. The van der Waals surface area contributed by atoms with Gasteiger partial charge >= 0.3 is 0 Å². The zero-order chi connectivity index (χ0) is 14.2. The second-order valence-electron chi connectivity index (χ2n) is 5.51. The first-order valence-corrected chi connectivity index (χ1v) is 8.00. The van der Waals surface area contributed by atoms with Gasteiger partial charge in [-0.2, -0.15) is 0 Å². The normalized spacial score (nSPS) is 19.4. The van der Waals surface area contributed by atoms with Crippen LogP contribution in [-0.4, -0.2) is 37.2 Å². The molecule has 0 amide bonds. The number of ether oxygens (including phenoxy) is 1. The lowest BCUT2D eigenvalue weighted by Gasteiger charge is -2.23. The smallest absolute Gasteiger partial charge is 0.123 e. The Morgan fingerprint density at radius 3 is 2.95 bits per heavy atom. The van der Waals surface area contributed by atoms with Crippen molar-refractivity contribution in [1.29, 1.82) is 0 Å². The Hall–Kier alpha value is -1.06. The van der Waals surface area contributed by atoms with E-state index in [4.69, 9.17) is 4.74 Å². The number of likely N-dealkylation sites (N-methyl/N-ethyl adjacent to an activating group) is 1. The van der Waals surface area contributed by atoms with E-state index in [0.29, 0.717) is 6.04 Å². The van der Waals surface area contributed by atoms with Crippen LogP contribution in [0.5, 0.6) is 5.75 Å². The van der Waals surface area contributed by atoms with Gasteiger partial charge in [0, 0.05) is 24.7 Å². The van der Waals surface area contributed by atoms with Gasteiger partial charge in [-0.1, -0.05) is 32.0 Å². The molecule has 0 aromatic heterocycles. The third-order valence-corrected chi connectivity index (χ3v) is 4.03. The molecule has 1 saturated heterocycles. The second kappa shape index (κ2) is 8.28. The summed E-state index contributed by atoms with van der Waals surface area (Å²) in [4.78, 5) is 2.58. The van der Waals surface area contributed by atoms with Crippen molar-refractivity contribution in [2.24, 2.45) is 0 Å². The summed E-state index contributed by atoms with van der Waals surface area (Å²) in [7, 11) is 0. The van der Waals surface area contributed by atoms with E-state index < -0.39 is 0 Å². The highest BCUT2D eigenvalue weighted by atomic mass is 16.5. The Morgan fingerprint density at radius 2 is 2.15 bits per heavy atom. The molecule has 0 spiro atoms. The van der Waals surface area contributed by atoms with Gasteiger partial charge in [-0.15, -0.1) is 0 Å². The molecule has 0 aliphatic carbocycles. The number of nitrogens with zero attached hydrogens (tertiary/aromatic N) is 1. The van der Waals surface area contributed by atoms with Gasteiger partial charge in [-0.25, -0.2) is 0 Å². The van der Waals surface area contributed by atoms with Crippen molar-refractivity contribution in [3.8, 4) is 5.75 Å². The zero-order valence-electron chi connectivity index (χ0n) is 12.9. The molecule has 1 aliphatic heterocycles. The van der Waals surface area contributed by atoms with Gasteiger partial charge in [0.1, 0.15) is 5.75 Å². The molecule has 0 radical (unpaired) electrons. The molecule has 3 nitrogen and oxygen atoms in total. The molecule has 3 heteroatoms. The van der Waals surface area contributed by atoms with Gasteiger partial charge in [0.15, 0.2) is 0 Å². The lowest BCUT2D eigenvalue weighted by atomic mass is 10.2. The summed E-state index contributed by atoms with van der Waals surface area (Å²) in [6, 6.07) is 9.07. The van der Waals surface area contributed by atoms with E-state index in [0.717, 1.165) is 31.9 Å². The summed E-state index contributed by atoms with van der Waals surface area (Å²) in [5.74, 6) is 1.03. The number of hydrogen-bond acceptors (Lipinski definition) is 3. The van der Waals surface area contributed by atoms with Crippen LogP contribution in [0.3, 0.4) is 0 Å². The van der Waals surface area contributed by atoms with Gasteiger partial charge in [-0.05, 0) is 38.4 Å². The standard InChI is InChI=1S/C17H28N2O/c1-3-12-20-17-10-6-5-8-15(17)13-18-14-16-9-7-11-19(16)4-2/h5-6,8,10,16,18H,3-4,7,9,11-14H2,1-2H3/t16-/m0/s1. The van der Waals surface area contributed by atoms with Crippen molar-refractivity contribution in [3.05, 3.63) is 29.8 Å². The Bertz CT molecular complexity index is 394. The van der Waals surface area contributed by atoms with E-state index in [1.807, 2.05) is 6.07 Å². The van der Waals surface area contributed by atoms with Crippen molar-refractivity contribution in [2.45, 2.75) is 45.7 Å². The van der Waals surface area contributed by atoms with E-state index in [1.165, 1.54) is 31.5 Å². The molecule has 1 N–H and O–H groups in total. The fourth-order valence-electron chi connectivity index (χ4n) is 2.92. The quantitative estimate of drug-likeness (QED) is 0.790. The summed E-state index contributed by atoms with van der Waals surface area (Å²) in [6.07, 6.45) is 3.72. The van der Waals surface area contributed by atoms with Crippen molar-refractivity contribution in [3.63, 3.8) is 0 Å². The molecule has 2 rings (SSSR count). The predicted molar refractivity (Wildman–Crippen MR) is 84.2 cm³/mol. The lowest BCUT2D eigenvalue weighted by Crippen LogP contribution is -2.37. The van der Waals surface area contributed by atoms with Gasteiger partial charge in [0.2, 0.25) is 0 Å². The highest BCUT2D eigenvalue weighted by Gasteiger charge is 2.22. The number of nitrogens with one attached hydrogen (secondary N) is 1. The van der Waals surface area contributed by atoms with Gasteiger partial charge in [-0.3, -0.25) is 4.90 Å². The van der Waals surface area contributed by atoms with Crippen LogP contribution in [0.15, 0.2) is 24.3 Å². The average molecular weight is 276 g/mol. The minimum Gasteiger partial charge on any atom is -0.493 e. The predicted octanol–water partition coefficient (Wildman–Crippen LogP) is 3.05. The first-order valence-electron chi connectivity index (χ1n) is 8.00. The summed E-state index contributed by atoms with van der Waals surface area (Å²) < 4.78 is 5.80. The maximum atomic E-state index is 5.80. The van der Waals surface area contributed by atoms with Crippen LogP contribution in [0.2, 0.25) is 0 Å². The topological polar surface area (TPSA) is 24.5 Å². The molecule has 0 saturated carbocycles. The molecule has 112 valence electrons. The SMILES string of the molecule is CCCOc1ccccc1CNC[C@@H]1CCCN1CC. The minimum atomic E-state index is 0.712. The molecular formula is C17H28N2O. The maximum Gasteiger partial charge on any atom is 0.123 e. The van der Waals surface area contributed by atoms with E-state index in [2.05, 4.69) is 42.3 Å². The summed E-state index contributed by atoms with van der Waals surface area (Å²) in [5.41, 5.74) is 1.27. The molecule has 1 atom stereocenters. The van der Waals surface area contributed by atoms with E-state index in [9.17, 15) is 0 Å². The van der Waals surface area contributed by atoms with E-state index in [1.54, 1.807) is 0 Å². The van der Waals surface area contributed by atoms with E-state index in [-0.39, 0.29) is 0 Å². The summed E-state index contributed by atoms with van der Waals surface area (Å²) in [6.45, 7) is 9.60. The average Bonchev–Trinajstić information content (AvgIpc) is 2.94. The highest BCUT2D eigenvalue weighted by molar-refractivity contribution is 5.33. The Balaban J connectivity index is 1.81. The maximum absolute atomic E-state index is 5.80. The molecule has 1 heterocycles. The molecule has 0 bridgehead atoms. The van der Waals surface area contributed by atoms with Crippen molar-refractivity contribution < 1.29 is 4.74 Å². The fourth-order valence-corrected chi connectivity index (χ4v) is 2.92. The molecule has 1 aromatic rings.